The van der Waals surface area contributed by atoms with Crippen molar-refractivity contribution < 1.29 is 22.7 Å². The summed E-state index contributed by atoms with van der Waals surface area (Å²) in [6.45, 7) is 9.59. The van der Waals surface area contributed by atoms with E-state index in [2.05, 4.69) is 17.2 Å². The lowest BCUT2D eigenvalue weighted by Gasteiger charge is -2.35. The fourth-order valence-electron chi connectivity index (χ4n) is 3.30. The average molecular weight is 410 g/mol. The molecule has 1 aliphatic heterocycles. The topological polar surface area (TPSA) is 105 Å². The van der Waals surface area contributed by atoms with E-state index in [0.717, 1.165) is 5.56 Å². The maximum atomic E-state index is 13.3. The molecule has 0 radical (unpaired) electrons. The van der Waals surface area contributed by atoms with Crippen LogP contribution in [0.5, 0.6) is 0 Å². The van der Waals surface area contributed by atoms with Gasteiger partial charge < -0.3 is 15.4 Å². The minimum absolute atomic E-state index is 0.121. The van der Waals surface area contributed by atoms with Crippen molar-refractivity contribution in [1.29, 1.82) is 0 Å². The van der Waals surface area contributed by atoms with Crippen molar-refractivity contribution in [2.24, 2.45) is 0 Å². The molecule has 1 aromatic rings. The van der Waals surface area contributed by atoms with Crippen molar-refractivity contribution in [3.05, 3.63) is 41.5 Å². The minimum atomic E-state index is -3.83. The second kappa shape index (κ2) is 9.31. The fourth-order valence-corrected chi connectivity index (χ4v) is 5.28. The highest BCUT2D eigenvalue weighted by atomic mass is 32.2. The highest BCUT2D eigenvalue weighted by Gasteiger charge is 2.36. The Kier molecular flexibility index (Phi) is 7.34. The standard InChI is InChI=1S/C19H27N3O5S/c1-5-7-20-18(23)19(24)21-12-16-22(8-6-9-27-16)28(25,26)17-14(3)10-13(2)11-15(17)4/h5,10-11,16H,1,6-9,12H2,2-4H3,(H,20,23)(H,21,24). The van der Waals surface area contributed by atoms with Gasteiger partial charge in [-0.2, -0.15) is 4.31 Å². The third-order valence-electron chi connectivity index (χ3n) is 4.38. The lowest BCUT2D eigenvalue weighted by Crippen LogP contribution is -2.53. The van der Waals surface area contributed by atoms with Crippen LogP contribution in [0.15, 0.2) is 29.7 Å². The van der Waals surface area contributed by atoms with Crippen molar-refractivity contribution in [2.45, 2.75) is 38.3 Å². The summed E-state index contributed by atoms with van der Waals surface area (Å²) in [5, 5.41) is 4.80. The molecule has 1 aliphatic rings. The summed E-state index contributed by atoms with van der Waals surface area (Å²) in [6.07, 6.45) is 1.12. The maximum absolute atomic E-state index is 13.3. The van der Waals surface area contributed by atoms with Gasteiger partial charge in [0.1, 0.15) is 6.23 Å². The van der Waals surface area contributed by atoms with Gasteiger partial charge in [-0.3, -0.25) is 9.59 Å². The number of sulfonamides is 1. The highest BCUT2D eigenvalue weighted by molar-refractivity contribution is 7.89. The first-order valence-electron chi connectivity index (χ1n) is 9.06. The average Bonchev–Trinajstić information content (AvgIpc) is 2.63. The molecule has 9 heteroatoms. The maximum Gasteiger partial charge on any atom is 0.309 e. The van der Waals surface area contributed by atoms with Gasteiger partial charge in [0.2, 0.25) is 10.0 Å². The molecule has 1 saturated heterocycles. The quantitative estimate of drug-likeness (QED) is 0.533. The van der Waals surface area contributed by atoms with Gasteiger partial charge in [-0.25, -0.2) is 8.42 Å². The number of nitrogens with one attached hydrogen (secondary N) is 2. The molecule has 0 aromatic heterocycles. The van der Waals surface area contributed by atoms with Crippen LogP contribution in [0.25, 0.3) is 0 Å². The molecule has 0 bridgehead atoms. The van der Waals surface area contributed by atoms with E-state index in [1.54, 1.807) is 13.8 Å². The van der Waals surface area contributed by atoms with Crippen molar-refractivity contribution in [1.82, 2.24) is 14.9 Å². The summed E-state index contributed by atoms with van der Waals surface area (Å²) in [5.41, 5.74) is 2.31. The van der Waals surface area contributed by atoms with Crippen molar-refractivity contribution in [2.75, 3.05) is 26.2 Å². The molecule has 2 N–H and O–H groups in total. The van der Waals surface area contributed by atoms with Crippen LogP contribution >= 0.6 is 0 Å². The minimum Gasteiger partial charge on any atom is -0.360 e. The van der Waals surface area contributed by atoms with Crippen LogP contribution in [0.1, 0.15) is 23.1 Å². The predicted octanol–water partition coefficient (Wildman–Crippen LogP) is 0.767. The molecule has 154 valence electrons. The Morgan fingerprint density at radius 3 is 2.43 bits per heavy atom. The fraction of sp³-hybridized carbons (Fsp3) is 0.474. The van der Waals surface area contributed by atoms with E-state index in [9.17, 15) is 18.0 Å². The van der Waals surface area contributed by atoms with E-state index in [4.69, 9.17) is 4.74 Å². The van der Waals surface area contributed by atoms with Crippen LogP contribution in [0.3, 0.4) is 0 Å². The van der Waals surface area contributed by atoms with Crippen molar-refractivity contribution >= 4 is 21.8 Å². The van der Waals surface area contributed by atoms with Crippen LogP contribution in [0.2, 0.25) is 0 Å². The molecule has 2 rings (SSSR count). The number of ether oxygens (including phenoxy) is 1. The largest absolute Gasteiger partial charge is 0.360 e. The second-order valence-corrected chi connectivity index (χ2v) is 8.56. The molecule has 1 heterocycles. The molecule has 0 spiro atoms. The Morgan fingerprint density at radius 2 is 1.82 bits per heavy atom. The van der Waals surface area contributed by atoms with E-state index in [1.807, 2.05) is 19.1 Å². The number of hydrogen-bond donors (Lipinski definition) is 2. The van der Waals surface area contributed by atoms with Crippen LogP contribution in [-0.4, -0.2) is 57.0 Å². The van der Waals surface area contributed by atoms with Gasteiger partial charge in [-0.15, -0.1) is 6.58 Å². The second-order valence-electron chi connectivity index (χ2n) is 6.73. The van der Waals surface area contributed by atoms with E-state index < -0.39 is 28.1 Å². The van der Waals surface area contributed by atoms with Crippen LogP contribution < -0.4 is 10.6 Å². The predicted molar refractivity (Wildman–Crippen MR) is 105 cm³/mol. The number of rotatable bonds is 6. The van der Waals surface area contributed by atoms with Gasteiger partial charge in [-0.1, -0.05) is 23.8 Å². The first-order valence-corrected chi connectivity index (χ1v) is 10.5. The molecule has 28 heavy (non-hydrogen) atoms. The number of carbonyl (C=O) groups is 2. The van der Waals surface area contributed by atoms with Crippen molar-refractivity contribution in [3.8, 4) is 0 Å². The van der Waals surface area contributed by atoms with Gasteiger partial charge in [0.25, 0.3) is 0 Å². The molecular weight excluding hydrogens is 382 g/mol. The summed E-state index contributed by atoms with van der Waals surface area (Å²) >= 11 is 0. The molecule has 0 saturated carbocycles. The van der Waals surface area contributed by atoms with E-state index in [1.165, 1.54) is 10.4 Å². The Labute approximate surface area is 166 Å². The van der Waals surface area contributed by atoms with Gasteiger partial charge in [0.05, 0.1) is 18.0 Å². The van der Waals surface area contributed by atoms with E-state index in [-0.39, 0.29) is 24.5 Å². The van der Waals surface area contributed by atoms with Gasteiger partial charge in [-0.05, 0) is 38.3 Å². The number of aryl methyl sites for hydroxylation is 3. The molecule has 0 aliphatic carbocycles. The Morgan fingerprint density at radius 1 is 1.21 bits per heavy atom. The SMILES string of the molecule is C=CCNC(=O)C(=O)NCC1OCCCN1S(=O)(=O)c1c(C)cc(C)cc1C. The summed E-state index contributed by atoms with van der Waals surface area (Å²) in [6, 6.07) is 3.65. The van der Waals surface area contributed by atoms with Crippen LogP contribution in [0.4, 0.5) is 0 Å². The molecule has 1 fully saturated rings. The zero-order chi connectivity index (χ0) is 20.9. The summed E-state index contributed by atoms with van der Waals surface area (Å²) in [7, 11) is -3.83. The van der Waals surface area contributed by atoms with Gasteiger partial charge in [0, 0.05) is 13.1 Å². The number of benzene rings is 1. The number of amides is 2. The highest BCUT2D eigenvalue weighted by Crippen LogP contribution is 2.28. The monoisotopic (exact) mass is 409 g/mol. The first kappa shape index (κ1) is 22.1. The zero-order valence-electron chi connectivity index (χ0n) is 16.4. The Bertz CT molecular complexity index is 843. The lowest BCUT2D eigenvalue weighted by molar-refractivity contribution is -0.140. The molecule has 1 atom stereocenters. The number of nitrogens with zero attached hydrogens (tertiary/aromatic N) is 1. The summed E-state index contributed by atoms with van der Waals surface area (Å²) < 4.78 is 33.5. The van der Waals surface area contributed by atoms with Gasteiger partial charge >= 0.3 is 11.8 Å². The van der Waals surface area contributed by atoms with Crippen molar-refractivity contribution in [3.63, 3.8) is 0 Å². The summed E-state index contributed by atoms with van der Waals surface area (Å²) in [5.74, 6) is -1.66. The van der Waals surface area contributed by atoms with Crippen LogP contribution in [0, 0.1) is 20.8 Å². The molecule has 1 aromatic carbocycles. The van der Waals surface area contributed by atoms with E-state index in [0.29, 0.717) is 24.2 Å². The molecule has 8 nitrogen and oxygen atoms in total. The third kappa shape index (κ3) is 4.98. The first-order chi connectivity index (χ1) is 13.2. The third-order valence-corrected chi connectivity index (χ3v) is 6.57. The van der Waals surface area contributed by atoms with Crippen LogP contribution in [-0.2, 0) is 24.3 Å². The molecule has 2 amide bonds. The number of hydrogen-bond acceptors (Lipinski definition) is 5. The zero-order valence-corrected chi connectivity index (χ0v) is 17.3. The normalized spacial score (nSPS) is 17.8. The molecule has 1 unspecified atom stereocenters. The Balaban J connectivity index is 2.19. The smallest absolute Gasteiger partial charge is 0.309 e. The number of carbonyl (C=O) groups excluding carboxylic acids is 2. The Hall–Kier alpha value is -2.23. The summed E-state index contributed by atoms with van der Waals surface area (Å²) in [4.78, 5) is 23.8. The van der Waals surface area contributed by atoms with Gasteiger partial charge in [0.15, 0.2) is 0 Å². The van der Waals surface area contributed by atoms with E-state index >= 15 is 0 Å². The molecular formula is C19H27N3O5S. The lowest BCUT2D eigenvalue weighted by atomic mass is 10.1.